The summed E-state index contributed by atoms with van der Waals surface area (Å²) in [6.45, 7) is 3.21. The molecule has 0 saturated carbocycles. The summed E-state index contributed by atoms with van der Waals surface area (Å²) < 4.78 is 5.51. The second-order valence-corrected chi connectivity index (χ2v) is 4.63. The first-order chi connectivity index (χ1) is 10.7. The Kier molecular flexibility index (Phi) is 5.79. The van der Waals surface area contributed by atoms with Crippen molar-refractivity contribution in [3.05, 3.63) is 36.6 Å². The summed E-state index contributed by atoms with van der Waals surface area (Å²) in [7, 11) is 1.54. The van der Waals surface area contributed by atoms with Gasteiger partial charge in [-0.3, -0.25) is 10.3 Å². The smallest absolute Gasteiger partial charge is 0.145 e. The van der Waals surface area contributed by atoms with Crippen molar-refractivity contribution in [2.24, 2.45) is 10.2 Å². The van der Waals surface area contributed by atoms with Crippen LogP contribution in [0.25, 0.3) is 0 Å². The fourth-order valence-electron chi connectivity index (χ4n) is 1.82. The van der Waals surface area contributed by atoms with E-state index in [1.807, 2.05) is 19.1 Å². The molecule has 2 rings (SSSR count). The van der Waals surface area contributed by atoms with Gasteiger partial charge in [-0.2, -0.15) is 10.2 Å². The van der Waals surface area contributed by atoms with Crippen molar-refractivity contribution in [3.63, 3.8) is 0 Å². The first-order valence-corrected chi connectivity index (χ1v) is 6.97. The zero-order valence-corrected chi connectivity index (χ0v) is 12.6. The monoisotopic (exact) mass is 304 g/mol. The highest BCUT2D eigenvalue weighted by Crippen LogP contribution is 2.38. The molecule has 1 atom stereocenters. The molecule has 22 heavy (non-hydrogen) atoms. The molecule has 118 valence electrons. The van der Waals surface area contributed by atoms with Gasteiger partial charge in [0.05, 0.1) is 18.8 Å². The average Bonchev–Trinajstić information content (AvgIpc) is 2.52. The molecular weight excluding hydrogens is 284 g/mol. The van der Waals surface area contributed by atoms with Crippen molar-refractivity contribution in [1.82, 2.24) is 5.48 Å². The van der Waals surface area contributed by atoms with Gasteiger partial charge in [-0.25, -0.2) is 0 Å². The van der Waals surface area contributed by atoms with Crippen LogP contribution in [0.5, 0.6) is 11.5 Å². The average molecular weight is 304 g/mol. The van der Waals surface area contributed by atoms with Gasteiger partial charge in [0.1, 0.15) is 23.8 Å². The SMILES string of the molecule is CON/C=C\C=C/C(C)N=Nc1cc2c(cc1O)NCCO2. The third-order valence-corrected chi connectivity index (χ3v) is 2.88. The van der Waals surface area contributed by atoms with Crippen LogP contribution in [-0.4, -0.2) is 31.4 Å². The number of anilines is 1. The van der Waals surface area contributed by atoms with Gasteiger partial charge in [-0.15, -0.1) is 0 Å². The number of rotatable bonds is 6. The van der Waals surface area contributed by atoms with Gasteiger partial charge in [0, 0.05) is 24.9 Å². The number of phenolic OH excluding ortho intramolecular Hbond substituents is 1. The van der Waals surface area contributed by atoms with Crippen LogP contribution in [0.3, 0.4) is 0 Å². The first-order valence-electron chi connectivity index (χ1n) is 6.97. The molecule has 0 amide bonds. The number of allylic oxidation sites excluding steroid dienone is 2. The molecule has 7 heteroatoms. The van der Waals surface area contributed by atoms with Crippen molar-refractivity contribution in [2.45, 2.75) is 13.0 Å². The number of hydrogen-bond acceptors (Lipinski definition) is 7. The fourth-order valence-corrected chi connectivity index (χ4v) is 1.82. The summed E-state index contributed by atoms with van der Waals surface area (Å²) >= 11 is 0. The minimum absolute atomic E-state index is 0.0702. The number of phenols is 1. The van der Waals surface area contributed by atoms with Gasteiger partial charge in [0.2, 0.25) is 0 Å². The number of hydrogen-bond donors (Lipinski definition) is 3. The summed E-state index contributed by atoms with van der Waals surface area (Å²) in [6.07, 6.45) is 7.13. The number of azo groups is 1. The highest BCUT2D eigenvalue weighted by molar-refractivity contribution is 5.69. The maximum atomic E-state index is 9.95. The van der Waals surface area contributed by atoms with Crippen molar-refractivity contribution >= 4 is 11.4 Å². The Labute approximate surface area is 129 Å². The third kappa shape index (κ3) is 4.49. The Hall–Kier alpha value is -2.54. The molecule has 1 heterocycles. The first kappa shape index (κ1) is 15.8. The van der Waals surface area contributed by atoms with Crippen LogP contribution in [0.2, 0.25) is 0 Å². The quantitative estimate of drug-likeness (QED) is 0.427. The van der Waals surface area contributed by atoms with E-state index in [9.17, 15) is 5.11 Å². The Balaban J connectivity index is 2.00. The van der Waals surface area contributed by atoms with Crippen LogP contribution in [-0.2, 0) is 4.84 Å². The van der Waals surface area contributed by atoms with E-state index in [2.05, 4.69) is 25.9 Å². The standard InChI is InChI=1S/C15H20N4O3/c1-11(5-3-4-6-17-21-2)18-19-12-10-15-13(9-14(12)20)16-7-8-22-15/h3-6,9-11,16-17,20H,7-8H2,1-2H3/b5-3-,6-4-,19-18?. The number of nitrogens with one attached hydrogen (secondary N) is 2. The second-order valence-electron chi connectivity index (χ2n) is 4.63. The van der Waals surface area contributed by atoms with Crippen molar-refractivity contribution < 1.29 is 14.7 Å². The van der Waals surface area contributed by atoms with Crippen LogP contribution < -0.4 is 15.5 Å². The number of ether oxygens (including phenoxy) is 1. The molecule has 7 nitrogen and oxygen atoms in total. The van der Waals surface area contributed by atoms with Gasteiger partial charge >= 0.3 is 0 Å². The second kappa shape index (κ2) is 8.04. The van der Waals surface area contributed by atoms with Gasteiger partial charge in [-0.05, 0) is 13.0 Å². The highest BCUT2D eigenvalue weighted by atomic mass is 16.6. The maximum absolute atomic E-state index is 9.95. The number of hydroxylamine groups is 1. The Bertz CT molecular complexity index is 584. The van der Waals surface area contributed by atoms with Crippen LogP contribution >= 0.6 is 0 Å². The highest BCUT2D eigenvalue weighted by Gasteiger charge is 2.13. The molecule has 0 spiro atoms. The molecule has 0 fully saturated rings. The summed E-state index contributed by atoms with van der Waals surface area (Å²) in [6, 6.07) is 3.16. The van der Waals surface area contributed by atoms with Gasteiger partial charge in [0.15, 0.2) is 0 Å². The summed E-state index contributed by atoms with van der Waals surface area (Å²) in [5, 5.41) is 21.3. The van der Waals surface area contributed by atoms with E-state index in [1.165, 1.54) is 7.11 Å². The summed E-state index contributed by atoms with van der Waals surface area (Å²) in [4.78, 5) is 4.66. The lowest BCUT2D eigenvalue weighted by atomic mass is 10.2. The van der Waals surface area contributed by atoms with Gasteiger partial charge < -0.3 is 15.2 Å². The lowest BCUT2D eigenvalue weighted by Gasteiger charge is -2.19. The zero-order valence-electron chi connectivity index (χ0n) is 12.6. The molecule has 0 radical (unpaired) electrons. The molecule has 1 unspecified atom stereocenters. The Morgan fingerprint density at radius 1 is 1.45 bits per heavy atom. The molecule has 3 N–H and O–H groups in total. The van der Waals surface area contributed by atoms with Crippen molar-refractivity contribution in [3.8, 4) is 11.5 Å². The van der Waals surface area contributed by atoms with E-state index < -0.39 is 0 Å². The number of fused-ring (bicyclic) bond motifs is 1. The van der Waals surface area contributed by atoms with E-state index >= 15 is 0 Å². The lowest BCUT2D eigenvalue weighted by Crippen LogP contribution is -2.17. The minimum atomic E-state index is -0.123. The number of nitrogens with zero attached hydrogens (tertiary/aromatic N) is 2. The molecule has 0 saturated heterocycles. The third-order valence-electron chi connectivity index (χ3n) is 2.88. The molecule has 0 aromatic heterocycles. The van der Waals surface area contributed by atoms with Crippen LogP contribution in [0.15, 0.2) is 46.8 Å². The lowest BCUT2D eigenvalue weighted by molar-refractivity contribution is 0.128. The number of aromatic hydroxyl groups is 1. The minimum Gasteiger partial charge on any atom is -0.506 e. The van der Waals surface area contributed by atoms with Crippen LogP contribution in [0.4, 0.5) is 11.4 Å². The molecule has 1 aromatic rings. The van der Waals surface area contributed by atoms with Gasteiger partial charge in [0.25, 0.3) is 0 Å². The van der Waals surface area contributed by atoms with E-state index in [1.54, 1.807) is 24.4 Å². The fraction of sp³-hybridized carbons (Fsp3) is 0.333. The maximum Gasteiger partial charge on any atom is 0.145 e. The molecule has 0 bridgehead atoms. The van der Waals surface area contributed by atoms with Crippen LogP contribution in [0, 0.1) is 0 Å². The predicted molar refractivity (Wildman–Crippen MR) is 84.5 cm³/mol. The molecular formula is C15H20N4O3. The van der Waals surface area contributed by atoms with E-state index in [0.29, 0.717) is 18.0 Å². The largest absolute Gasteiger partial charge is 0.506 e. The molecule has 1 aliphatic heterocycles. The molecule has 0 aliphatic carbocycles. The Morgan fingerprint density at radius 3 is 3.14 bits per heavy atom. The summed E-state index contributed by atoms with van der Waals surface area (Å²) in [5.74, 6) is 0.746. The van der Waals surface area contributed by atoms with E-state index in [0.717, 1.165) is 12.2 Å². The zero-order chi connectivity index (χ0) is 15.8. The molecule has 1 aromatic carbocycles. The normalized spacial score (nSPS) is 15.7. The van der Waals surface area contributed by atoms with Crippen molar-refractivity contribution in [2.75, 3.05) is 25.6 Å². The van der Waals surface area contributed by atoms with E-state index in [-0.39, 0.29) is 11.8 Å². The van der Waals surface area contributed by atoms with Crippen molar-refractivity contribution in [1.29, 1.82) is 0 Å². The van der Waals surface area contributed by atoms with Gasteiger partial charge in [-0.1, -0.05) is 12.2 Å². The topological polar surface area (TPSA) is 87.5 Å². The summed E-state index contributed by atoms with van der Waals surface area (Å²) in [5.41, 5.74) is 3.74. The Morgan fingerprint density at radius 2 is 2.32 bits per heavy atom. The predicted octanol–water partition coefficient (Wildman–Crippen LogP) is 2.89. The van der Waals surface area contributed by atoms with Crippen LogP contribution in [0.1, 0.15) is 6.92 Å². The van der Waals surface area contributed by atoms with E-state index in [4.69, 9.17) is 4.74 Å². The molecule has 1 aliphatic rings. The number of benzene rings is 1.